The quantitative estimate of drug-likeness (QED) is 0.792. The zero-order valence-electron chi connectivity index (χ0n) is 11.1. The van der Waals surface area contributed by atoms with Crippen LogP contribution >= 0.6 is 11.8 Å². The van der Waals surface area contributed by atoms with E-state index in [-0.39, 0.29) is 29.5 Å². The van der Waals surface area contributed by atoms with Crippen molar-refractivity contribution < 1.29 is 22.7 Å². The second-order valence-corrected chi connectivity index (χ2v) is 4.98. The molecule has 118 valence electrons. The van der Waals surface area contributed by atoms with E-state index in [1.165, 1.54) is 24.5 Å². The Bertz CT molecular complexity index is 619. The number of halogens is 3. The van der Waals surface area contributed by atoms with Gasteiger partial charge in [-0.1, -0.05) is 30.0 Å². The molecule has 0 saturated carbocycles. The molecule has 2 aromatic rings. The number of aromatic nitrogens is 3. The summed E-state index contributed by atoms with van der Waals surface area (Å²) in [5, 5.41) is 9.21. The van der Waals surface area contributed by atoms with E-state index >= 15 is 0 Å². The number of carbonyl (C=O) groups is 1. The number of para-hydroxylation sites is 1. The van der Waals surface area contributed by atoms with Crippen LogP contribution in [0.15, 0.2) is 35.7 Å². The Morgan fingerprint density at radius 2 is 2.14 bits per heavy atom. The van der Waals surface area contributed by atoms with Crippen LogP contribution in [-0.2, 0) is 11.3 Å². The fourth-order valence-electron chi connectivity index (χ4n) is 1.52. The summed E-state index contributed by atoms with van der Waals surface area (Å²) < 4.78 is 40.7. The fraction of sp³-hybridized carbons (Fsp3) is 0.250. The van der Waals surface area contributed by atoms with Crippen molar-refractivity contribution in [1.29, 1.82) is 0 Å². The Morgan fingerprint density at radius 1 is 1.36 bits per heavy atom. The zero-order valence-corrected chi connectivity index (χ0v) is 11.9. The molecule has 0 aliphatic carbocycles. The molecule has 6 nitrogen and oxygen atoms in total. The van der Waals surface area contributed by atoms with Crippen LogP contribution in [-0.4, -0.2) is 33.2 Å². The molecule has 1 aromatic heterocycles. The number of carbonyl (C=O) groups excluding carboxylic acids is 1. The van der Waals surface area contributed by atoms with Crippen molar-refractivity contribution in [2.24, 2.45) is 0 Å². The largest absolute Gasteiger partial charge is 0.573 e. The van der Waals surface area contributed by atoms with E-state index in [1.54, 1.807) is 6.07 Å². The minimum absolute atomic E-state index is 0.0670. The summed E-state index contributed by atoms with van der Waals surface area (Å²) >= 11 is 1.13. The summed E-state index contributed by atoms with van der Waals surface area (Å²) in [6, 6.07) is 5.63. The van der Waals surface area contributed by atoms with Crippen LogP contribution < -0.4 is 10.1 Å². The predicted octanol–water partition coefficient (Wildman–Crippen LogP) is 2.11. The number of nitrogens with one attached hydrogen (secondary N) is 2. The Kier molecular flexibility index (Phi) is 5.26. The number of nitrogens with zero attached hydrogens (tertiary/aromatic N) is 2. The minimum Gasteiger partial charge on any atom is -0.405 e. The van der Waals surface area contributed by atoms with E-state index in [0.29, 0.717) is 5.16 Å². The monoisotopic (exact) mass is 332 g/mol. The highest BCUT2D eigenvalue weighted by Gasteiger charge is 2.31. The van der Waals surface area contributed by atoms with Gasteiger partial charge in [0.1, 0.15) is 12.1 Å². The van der Waals surface area contributed by atoms with E-state index in [9.17, 15) is 18.0 Å². The SMILES string of the molecule is O=C(CSc1ncn[nH]1)NCc1ccccc1OC(F)(F)F. The van der Waals surface area contributed by atoms with Gasteiger partial charge in [-0.05, 0) is 6.07 Å². The molecule has 0 saturated heterocycles. The Morgan fingerprint density at radius 3 is 2.82 bits per heavy atom. The first kappa shape index (κ1) is 16.1. The number of benzene rings is 1. The molecular formula is C12H11F3N4O2S. The third kappa shape index (κ3) is 5.28. The van der Waals surface area contributed by atoms with Crippen LogP contribution in [0.4, 0.5) is 13.2 Å². The standard InChI is InChI=1S/C12H11F3N4O2S/c13-12(14,15)21-9-4-2-1-3-8(9)5-16-10(20)6-22-11-17-7-18-19-11/h1-4,7H,5-6H2,(H,16,20)(H,17,18,19). The average Bonchev–Trinajstić information content (AvgIpc) is 2.96. The molecule has 0 bridgehead atoms. The molecule has 22 heavy (non-hydrogen) atoms. The van der Waals surface area contributed by atoms with Crippen molar-refractivity contribution in [3.63, 3.8) is 0 Å². The summed E-state index contributed by atoms with van der Waals surface area (Å²) in [6.07, 6.45) is -3.47. The number of alkyl halides is 3. The van der Waals surface area contributed by atoms with Gasteiger partial charge in [-0.2, -0.15) is 5.10 Å². The van der Waals surface area contributed by atoms with Crippen LogP contribution in [0.3, 0.4) is 0 Å². The van der Waals surface area contributed by atoms with Gasteiger partial charge in [0.25, 0.3) is 0 Å². The number of aromatic amines is 1. The number of ether oxygens (including phenoxy) is 1. The highest BCUT2D eigenvalue weighted by molar-refractivity contribution is 7.99. The predicted molar refractivity (Wildman–Crippen MR) is 72.1 cm³/mol. The lowest BCUT2D eigenvalue weighted by molar-refractivity contribution is -0.274. The van der Waals surface area contributed by atoms with Crippen LogP contribution in [0.5, 0.6) is 5.75 Å². The van der Waals surface area contributed by atoms with Gasteiger partial charge in [0.05, 0.1) is 5.75 Å². The van der Waals surface area contributed by atoms with E-state index < -0.39 is 6.36 Å². The second-order valence-electron chi connectivity index (χ2n) is 4.01. The number of rotatable bonds is 6. The molecule has 0 unspecified atom stereocenters. The Labute approximate surface area is 127 Å². The molecule has 10 heteroatoms. The van der Waals surface area contributed by atoms with E-state index in [2.05, 4.69) is 25.2 Å². The van der Waals surface area contributed by atoms with E-state index in [0.717, 1.165) is 11.8 Å². The van der Waals surface area contributed by atoms with Crippen molar-refractivity contribution in [1.82, 2.24) is 20.5 Å². The summed E-state index contributed by atoms with van der Waals surface area (Å²) in [5.74, 6) is -0.612. The number of thioether (sulfide) groups is 1. The van der Waals surface area contributed by atoms with E-state index in [4.69, 9.17) is 0 Å². The topological polar surface area (TPSA) is 79.9 Å². The third-order valence-electron chi connectivity index (χ3n) is 2.41. The lowest BCUT2D eigenvalue weighted by Crippen LogP contribution is -2.25. The number of H-pyrrole nitrogens is 1. The van der Waals surface area contributed by atoms with Gasteiger partial charge >= 0.3 is 6.36 Å². The molecule has 0 aliphatic heterocycles. The average molecular weight is 332 g/mol. The molecule has 1 aromatic carbocycles. The third-order valence-corrected chi connectivity index (χ3v) is 3.28. The lowest BCUT2D eigenvalue weighted by atomic mass is 10.2. The van der Waals surface area contributed by atoms with Crippen LogP contribution in [0.1, 0.15) is 5.56 Å². The second kappa shape index (κ2) is 7.16. The molecule has 0 atom stereocenters. The van der Waals surface area contributed by atoms with Crippen molar-refractivity contribution >= 4 is 17.7 Å². The Hall–Kier alpha value is -2.23. The highest BCUT2D eigenvalue weighted by atomic mass is 32.2. The maximum absolute atomic E-state index is 12.3. The molecule has 0 spiro atoms. The summed E-state index contributed by atoms with van der Waals surface area (Å²) in [7, 11) is 0. The maximum atomic E-state index is 12.3. The lowest BCUT2D eigenvalue weighted by Gasteiger charge is -2.13. The molecule has 0 fully saturated rings. The van der Waals surface area contributed by atoms with Gasteiger partial charge in [-0.3, -0.25) is 9.89 Å². The molecule has 0 aliphatic rings. The van der Waals surface area contributed by atoms with Crippen molar-refractivity contribution in [2.45, 2.75) is 18.1 Å². The number of hydrogen-bond donors (Lipinski definition) is 2. The van der Waals surface area contributed by atoms with Crippen LogP contribution in [0.2, 0.25) is 0 Å². The smallest absolute Gasteiger partial charge is 0.405 e. The fourth-order valence-corrected chi connectivity index (χ4v) is 2.13. The highest BCUT2D eigenvalue weighted by Crippen LogP contribution is 2.26. The first-order chi connectivity index (χ1) is 10.4. The van der Waals surface area contributed by atoms with Crippen LogP contribution in [0, 0.1) is 0 Å². The first-order valence-corrected chi connectivity index (χ1v) is 7.01. The van der Waals surface area contributed by atoms with Crippen molar-refractivity contribution in [2.75, 3.05) is 5.75 Å². The van der Waals surface area contributed by atoms with Crippen molar-refractivity contribution in [3.8, 4) is 5.75 Å². The molecule has 1 amide bonds. The molecule has 2 N–H and O–H groups in total. The summed E-state index contributed by atoms with van der Waals surface area (Å²) in [4.78, 5) is 15.5. The molecule has 2 rings (SSSR count). The summed E-state index contributed by atoms with van der Waals surface area (Å²) in [5.41, 5.74) is 0.234. The molecule has 0 radical (unpaired) electrons. The number of hydrogen-bond acceptors (Lipinski definition) is 5. The Balaban J connectivity index is 1.87. The normalized spacial score (nSPS) is 11.2. The zero-order chi connectivity index (χ0) is 16.0. The van der Waals surface area contributed by atoms with Gasteiger partial charge in [0, 0.05) is 12.1 Å². The van der Waals surface area contributed by atoms with Gasteiger partial charge in [-0.15, -0.1) is 13.2 Å². The first-order valence-electron chi connectivity index (χ1n) is 6.02. The van der Waals surface area contributed by atoms with Gasteiger partial charge in [-0.25, -0.2) is 4.98 Å². The van der Waals surface area contributed by atoms with Gasteiger partial charge < -0.3 is 10.1 Å². The molecule has 1 heterocycles. The van der Waals surface area contributed by atoms with E-state index in [1.807, 2.05) is 0 Å². The van der Waals surface area contributed by atoms with Crippen molar-refractivity contribution in [3.05, 3.63) is 36.2 Å². The molecular weight excluding hydrogens is 321 g/mol. The number of amides is 1. The van der Waals surface area contributed by atoms with Gasteiger partial charge in [0.2, 0.25) is 5.91 Å². The maximum Gasteiger partial charge on any atom is 0.573 e. The van der Waals surface area contributed by atoms with Gasteiger partial charge in [0.15, 0.2) is 5.16 Å². The van der Waals surface area contributed by atoms with Crippen LogP contribution in [0.25, 0.3) is 0 Å². The summed E-state index contributed by atoms with van der Waals surface area (Å²) in [6.45, 7) is -0.0674. The minimum atomic E-state index is -4.78.